The monoisotopic (exact) mass is 303 g/mol. The molecule has 0 aromatic rings. The highest BCUT2D eigenvalue weighted by Gasteiger charge is 2.44. The first-order chi connectivity index (χ1) is 9.30. The fraction of sp³-hybridized carbons (Fsp3) is 0.929. The molecule has 5 nitrogen and oxygen atoms in total. The van der Waals surface area contributed by atoms with Gasteiger partial charge in [0, 0.05) is 24.1 Å². The lowest BCUT2D eigenvalue weighted by atomic mass is 9.90. The lowest BCUT2D eigenvalue weighted by molar-refractivity contribution is -0.177. The van der Waals surface area contributed by atoms with E-state index in [1.165, 1.54) is 0 Å². The number of carbonyl (C=O) groups excluding carboxylic acids is 1. The third kappa shape index (κ3) is 4.35. The predicted molar refractivity (Wildman–Crippen MR) is 78.6 cm³/mol. The fourth-order valence-corrected chi connectivity index (χ4v) is 3.78. The molecule has 2 rings (SSSR count). The summed E-state index contributed by atoms with van der Waals surface area (Å²) in [6, 6.07) is 0.0841. The Bertz CT molecular complexity index is 350. The molecule has 6 heteroatoms. The fourth-order valence-electron chi connectivity index (χ4n) is 2.62. The smallest absolute Gasteiger partial charge is 0.316 e. The van der Waals surface area contributed by atoms with Gasteiger partial charge >= 0.3 is 5.97 Å². The quantitative estimate of drug-likeness (QED) is 0.800. The van der Waals surface area contributed by atoms with E-state index in [4.69, 9.17) is 19.9 Å². The Balaban J connectivity index is 1.83. The van der Waals surface area contributed by atoms with Gasteiger partial charge in [-0.3, -0.25) is 4.79 Å². The van der Waals surface area contributed by atoms with E-state index in [2.05, 4.69) is 0 Å². The molecule has 2 aliphatic rings. The van der Waals surface area contributed by atoms with Crippen molar-refractivity contribution in [2.75, 3.05) is 19.0 Å². The molecule has 1 heterocycles. The third-order valence-electron chi connectivity index (χ3n) is 3.50. The van der Waals surface area contributed by atoms with Crippen molar-refractivity contribution in [2.24, 2.45) is 5.73 Å². The summed E-state index contributed by atoms with van der Waals surface area (Å²) < 4.78 is 16.8. The van der Waals surface area contributed by atoms with Gasteiger partial charge in [-0.15, -0.1) is 11.8 Å². The predicted octanol–water partition coefficient (Wildman–Crippen LogP) is 1.68. The van der Waals surface area contributed by atoms with Crippen molar-refractivity contribution in [1.82, 2.24) is 0 Å². The Morgan fingerprint density at radius 3 is 2.65 bits per heavy atom. The van der Waals surface area contributed by atoms with Crippen molar-refractivity contribution in [3.8, 4) is 0 Å². The van der Waals surface area contributed by atoms with Crippen LogP contribution in [0.2, 0.25) is 0 Å². The van der Waals surface area contributed by atoms with Gasteiger partial charge in [-0.2, -0.15) is 0 Å². The minimum absolute atomic E-state index is 0.0841. The Labute approximate surface area is 124 Å². The summed E-state index contributed by atoms with van der Waals surface area (Å²) >= 11 is 1.56. The molecule has 20 heavy (non-hydrogen) atoms. The van der Waals surface area contributed by atoms with Gasteiger partial charge in [-0.05, 0) is 27.2 Å². The Kier molecular flexibility index (Phi) is 5.00. The van der Waals surface area contributed by atoms with Crippen LogP contribution in [0.15, 0.2) is 0 Å². The number of ether oxygens (including phenoxy) is 3. The van der Waals surface area contributed by atoms with Crippen LogP contribution in [0.25, 0.3) is 0 Å². The van der Waals surface area contributed by atoms with Crippen molar-refractivity contribution in [2.45, 2.75) is 62.7 Å². The van der Waals surface area contributed by atoms with Crippen LogP contribution < -0.4 is 5.73 Å². The van der Waals surface area contributed by atoms with E-state index in [-0.39, 0.29) is 17.3 Å². The number of carbonyl (C=O) groups is 1. The number of thioether (sulfide) groups is 1. The van der Waals surface area contributed by atoms with Crippen molar-refractivity contribution in [1.29, 1.82) is 0 Å². The summed E-state index contributed by atoms with van der Waals surface area (Å²) in [7, 11) is 0. The molecule has 1 spiro atoms. The van der Waals surface area contributed by atoms with Crippen LogP contribution >= 0.6 is 11.8 Å². The summed E-state index contributed by atoms with van der Waals surface area (Å²) in [5.74, 6) is -0.324. The van der Waals surface area contributed by atoms with E-state index in [1.54, 1.807) is 11.8 Å². The van der Waals surface area contributed by atoms with Crippen molar-refractivity contribution >= 4 is 17.7 Å². The second-order valence-electron chi connectivity index (χ2n) is 6.45. The molecule has 1 aliphatic carbocycles. The SMILES string of the molecule is CC(C)(C)OC(=O)CSC1CC2(CCC1N)OCCO2. The molecule has 116 valence electrons. The standard InChI is InChI=1S/C14H25NO4S/c1-13(2,3)19-12(16)9-20-11-8-14(5-4-10(11)15)17-6-7-18-14/h10-11H,4-9,15H2,1-3H3. The van der Waals surface area contributed by atoms with Crippen LogP contribution in [0.1, 0.15) is 40.0 Å². The molecular weight excluding hydrogens is 278 g/mol. The van der Waals surface area contributed by atoms with Gasteiger partial charge in [0.25, 0.3) is 0 Å². The molecule has 2 unspecified atom stereocenters. The van der Waals surface area contributed by atoms with E-state index in [9.17, 15) is 4.79 Å². The Hall–Kier alpha value is -0.300. The summed E-state index contributed by atoms with van der Waals surface area (Å²) in [6.07, 6.45) is 2.46. The molecule has 1 saturated heterocycles. The Morgan fingerprint density at radius 2 is 2.05 bits per heavy atom. The zero-order valence-electron chi connectivity index (χ0n) is 12.5. The molecule has 2 atom stereocenters. The van der Waals surface area contributed by atoms with Gasteiger partial charge in [-0.1, -0.05) is 0 Å². The third-order valence-corrected chi connectivity index (χ3v) is 4.84. The van der Waals surface area contributed by atoms with Crippen LogP contribution in [0, 0.1) is 0 Å². The van der Waals surface area contributed by atoms with E-state index in [0.717, 1.165) is 19.3 Å². The van der Waals surface area contributed by atoms with Gasteiger partial charge in [0.2, 0.25) is 0 Å². The maximum absolute atomic E-state index is 11.8. The van der Waals surface area contributed by atoms with Gasteiger partial charge < -0.3 is 19.9 Å². The van der Waals surface area contributed by atoms with Crippen molar-refractivity contribution in [3.63, 3.8) is 0 Å². The largest absolute Gasteiger partial charge is 0.459 e. The molecule has 0 radical (unpaired) electrons. The Morgan fingerprint density at radius 1 is 1.40 bits per heavy atom. The number of rotatable bonds is 3. The normalized spacial score (nSPS) is 29.6. The topological polar surface area (TPSA) is 70.8 Å². The van der Waals surface area contributed by atoms with Crippen molar-refractivity contribution < 1.29 is 19.0 Å². The molecular formula is C14H25NO4S. The average molecular weight is 303 g/mol. The number of hydrogen-bond acceptors (Lipinski definition) is 6. The van der Waals surface area contributed by atoms with Gasteiger partial charge in [0.15, 0.2) is 5.79 Å². The molecule has 0 amide bonds. The second-order valence-corrected chi connectivity index (χ2v) is 7.68. The first kappa shape index (κ1) is 16.1. The van der Waals surface area contributed by atoms with E-state index >= 15 is 0 Å². The highest BCUT2D eigenvalue weighted by atomic mass is 32.2. The zero-order valence-corrected chi connectivity index (χ0v) is 13.3. The number of nitrogens with two attached hydrogens (primary N) is 1. The lowest BCUT2D eigenvalue weighted by Crippen LogP contribution is -2.48. The van der Waals surface area contributed by atoms with Crippen LogP contribution in [0.5, 0.6) is 0 Å². The number of esters is 1. The average Bonchev–Trinajstić information content (AvgIpc) is 2.77. The van der Waals surface area contributed by atoms with E-state index in [1.807, 2.05) is 20.8 Å². The minimum Gasteiger partial charge on any atom is -0.459 e. The molecule has 0 bridgehead atoms. The summed E-state index contributed by atoms with van der Waals surface area (Å²) in [6.45, 7) is 6.92. The zero-order chi connectivity index (χ0) is 14.8. The summed E-state index contributed by atoms with van der Waals surface area (Å²) in [4.78, 5) is 11.8. The molecule has 1 aliphatic heterocycles. The molecule has 0 aromatic heterocycles. The first-order valence-corrected chi connectivity index (χ1v) is 8.21. The van der Waals surface area contributed by atoms with Crippen LogP contribution in [0.3, 0.4) is 0 Å². The van der Waals surface area contributed by atoms with E-state index in [0.29, 0.717) is 19.0 Å². The van der Waals surface area contributed by atoms with Crippen LogP contribution in [-0.4, -0.2) is 47.6 Å². The molecule has 1 saturated carbocycles. The second kappa shape index (κ2) is 6.22. The molecule has 0 aromatic carbocycles. The highest BCUT2D eigenvalue weighted by molar-refractivity contribution is 8.00. The first-order valence-electron chi connectivity index (χ1n) is 7.17. The van der Waals surface area contributed by atoms with E-state index < -0.39 is 11.4 Å². The van der Waals surface area contributed by atoms with Crippen molar-refractivity contribution in [3.05, 3.63) is 0 Å². The highest BCUT2D eigenvalue weighted by Crippen LogP contribution is 2.39. The number of hydrogen-bond donors (Lipinski definition) is 1. The van der Waals surface area contributed by atoms with Gasteiger partial charge in [0.1, 0.15) is 5.60 Å². The molecule has 2 fully saturated rings. The minimum atomic E-state index is -0.457. The van der Waals surface area contributed by atoms with Crippen LogP contribution in [0.4, 0.5) is 0 Å². The maximum Gasteiger partial charge on any atom is 0.316 e. The van der Waals surface area contributed by atoms with Gasteiger partial charge in [0.05, 0.1) is 19.0 Å². The van der Waals surface area contributed by atoms with Crippen LogP contribution in [-0.2, 0) is 19.0 Å². The molecule has 2 N–H and O–H groups in total. The summed E-state index contributed by atoms with van der Waals surface area (Å²) in [5.41, 5.74) is 5.72. The summed E-state index contributed by atoms with van der Waals surface area (Å²) in [5, 5.41) is 0.175. The maximum atomic E-state index is 11.8. The van der Waals surface area contributed by atoms with Gasteiger partial charge in [-0.25, -0.2) is 0 Å². The lowest BCUT2D eigenvalue weighted by Gasteiger charge is -2.39.